The van der Waals surface area contributed by atoms with Crippen molar-refractivity contribution in [2.24, 2.45) is 0 Å². The molecule has 0 radical (unpaired) electrons. The molecule has 0 spiro atoms. The van der Waals surface area contributed by atoms with E-state index in [9.17, 15) is 4.79 Å². The number of carbonyl (C=O) groups is 1. The Bertz CT molecular complexity index is 798. The second kappa shape index (κ2) is 6.57. The van der Waals surface area contributed by atoms with Crippen LogP contribution in [0.15, 0.2) is 16.5 Å². The van der Waals surface area contributed by atoms with E-state index in [4.69, 9.17) is 14.4 Å². The molecule has 5 nitrogen and oxygen atoms in total. The topological polar surface area (TPSA) is 75.3 Å². The number of amides is 1. The standard InChI is InChI=1S/C18H20N2O3/c1-10-6-7-11(2)17(12(10)3)22-9-16(21)20-18-15(8-19)13(4)14(5)23-18/h6-7H,9H2,1-5H3,(H,20,21). The van der Waals surface area contributed by atoms with E-state index in [2.05, 4.69) is 5.32 Å². The fourth-order valence-corrected chi connectivity index (χ4v) is 2.30. The highest BCUT2D eigenvalue weighted by molar-refractivity contribution is 5.92. The zero-order valence-electron chi connectivity index (χ0n) is 14.0. The second-order valence-electron chi connectivity index (χ2n) is 5.59. The van der Waals surface area contributed by atoms with Crippen molar-refractivity contribution in [2.75, 3.05) is 11.9 Å². The SMILES string of the molecule is Cc1ccc(C)c(OCC(=O)Nc2oc(C)c(C)c2C#N)c1C. The van der Waals surface area contributed by atoms with Crippen LogP contribution in [0.5, 0.6) is 5.75 Å². The van der Waals surface area contributed by atoms with Crippen LogP contribution in [0.4, 0.5) is 5.88 Å². The maximum atomic E-state index is 12.1. The second-order valence-corrected chi connectivity index (χ2v) is 5.59. The Hall–Kier alpha value is -2.74. The van der Waals surface area contributed by atoms with Gasteiger partial charge < -0.3 is 9.15 Å². The number of nitrogens with zero attached hydrogens (tertiary/aromatic N) is 1. The molecule has 0 unspecified atom stereocenters. The highest BCUT2D eigenvalue weighted by Gasteiger charge is 2.17. The van der Waals surface area contributed by atoms with Gasteiger partial charge in [-0.1, -0.05) is 12.1 Å². The molecule has 2 aromatic rings. The highest BCUT2D eigenvalue weighted by atomic mass is 16.5. The van der Waals surface area contributed by atoms with E-state index in [1.54, 1.807) is 13.8 Å². The number of nitriles is 1. The molecule has 0 saturated carbocycles. The lowest BCUT2D eigenvalue weighted by Crippen LogP contribution is -2.21. The van der Waals surface area contributed by atoms with Crippen molar-refractivity contribution in [3.63, 3.8) is 0 Å². The van der Waals surface area contributed by atoms with Crippen LogP contribution in [0.2, 0.25) is 0 Å². The minimum Gasteiger partial charge on any atom is -0.483 e. The number of benzene rings is 1. The van der Waals surface area contributed by atoms with Gasteiger partial charge >= 0.3 is 0 Å². The molecule has 0 aliphatic rings. The average Bonchev–Trinajstić information content (AvgIpc) is 2.77. The summed E-state index contributed by atoms with van der Waals surface area (Å²) in [5, 5.41) is 11.7. The normalized spacial score (nSPS) is 10.3. The molecular formula is C18H20N2O3. The van der Waals surface area contributed by atoms with Crippen LogP contribution in [0, 0.1) is 45.9 Å². The van der Waals surface area contributed by atoms with Gasteiger partial charge in [0, 0.05) is 5.56 Å². The molecule has 1 aromatic carbocycles. The molecule has 0 aliphatic carbocycles. The van der Waals surface area contributed by atoms with Gasteiger partial charge in [0.25, 0.3) is 5.91 Å². The molecule has 1 heterocycles. The monoisotopic (exact) mass is 312 g/mol. The van der Waals surface area contributed by atoms with Gasteiger partial charge in [-0.05, 0) is 51.3 Å². The predicted octanol–water partition coefficient (Wildman–Crippen LogP) is 3.71. The summed E-state index contributed by atoms with van der Waals surface area (Å²) in [4.78, 5) is 12.1. The molecule has 0 aliphatic heterocycles. The van der Waals surface area contributed by atoms with Crippen LogP contribution in [0.25, 0.3) is 0 Å². The van der Waals surface area contributed by atoms with Crippen LogP contribution in [0.1, 0.15) is 33.6 Å². The minimum absolute atomic E-state index is 0.144. The summed E-state index contributed by atoms with van der Waals surface area (Å²) in [5.41, 5.74) is 4.17. The number of carbonyl (C=O) groups excluding carboxylic acids is 1. The maximum absolute atomic E-state index is 12.1. The summed E-state index contributed by atoms with van der Waals surface area (Å²) in [6.45, 7) is 9.28. The van der Waals surface area contributed by atoms with Crippen molar-refractivity contribution < 1.29 is 13.9 Å². The summed E-state index contributed by atoms with van der Waals surface area (Å²) in [5.74, 6) is 1.14. The Labute approximate surface area is 135 Å². The molecule has 23 heavy (non-hydrogen) atoms. The number of nitrogens with one attached hydrogen (secondary N) is 1. The first-order valence-corrected chi connectivity index (χ1v) is 7.34. The van der Waals surface area contributed by atoms with Crippen molar-refractivity contribution >= 4 is 11.8 Å². The third kappa shape index (κ3) is 3.37. The molecule has 1 N–H and O–H groups in total. The fourth-order valence-electron chi connectivity index (χ4n) is 2.30. The largest absolute Gasteiger partial charge is 0.483 e. The molecule has 2 rings (SSSR count). The van der Waals surface area contributed by atoms with Crippen LogP contribution >= 0.6 is 0 Å². The van der Waals surface area contributed by atoms with E-state index in [-0.39, 0.29) is 18.4 Å². The van der Waals surface area contributed by atoms with Gasteiger partial charge in [0.05, 0.1) is 0 Å². The van der Waals surface area contributed by atoms with E-state index in [1.807, 2.05) is 39.0 Å². The Kier molecular flexibility index (Phi) is 4.75. The zero-order valence-corrected chi connectivity index (χ0v) is 14.0. The number of hydrogen-bond acceptors (Lipinski definition) is 4. The molecule has 1 amide bonds. The molecular weight excluding hydrogens is 292 g/mol. The van der Waals surface area contributed by atoms with Gasteiger partial charge in [-0.2, -0.15) is 5.26 Å². The summed E-state index contributed by atoms with van der Waals surface area (Å²) in [7, 11) is 0. The molecule has 0 saturated heterocycles. The van der Waals surface area contributed by atoms with E-state index in [0.29, 0.717) is 17.1 Å². The Morgan fingerprint density at radius 1 is 1.17 bits per heavy atom. The van der Waals surface area contributed by atoms with Crippen molar-refractivity contribution in [3.8, 4) is 11.8 Å². The summed E-state index contributed by atoms with van der Waals surface area (Å²) in [6.07, 6.45) is 0. The highest BCUT2D eigenvalue weighted by Crippen LogP contribution is 2.27. The summed E-state index contributed by atoms with van der Waals surface area (Å²) in [6, 6.07) is 6.02. The molecule has 0 atom stereocenters. The number of rotatable bonds is 4. The van der Waals surface area contributed by atoms with Crippen molar-refractivity contribution in [2.45, 2.75) is 34.6 Å². The third-order valence-electron chi connectivity index (χ3n) is 3.97. The number of furan rings is 1. The van der Waals surface area contributed by atoms with Crippen LogP contribution in [-0.4, -0.2) is 12.5 Å². The first-order chi connectivity index (χ1) is 10.8. The van der Waals surface area contributed by atoms with E-state index >= 15 is 0 Å². The Balaban J connectivity index is 2.09. The quantitative estimate of drug-likeness (QED) is 0.933. The molecule has 0 fully saturated rings. The van der Waals surface area contributed by atoms with E-state index in [0.717, 1.165) is 22.3 Å². The van der Waals surface area contributed by atoms with Crippen molar-refractivity contribution in [1.29, 1.82) is 5.26 Å². The average molecular weight is 312 g/mol. The van der Waals surface area contributed by atoms with Gasteiger partial charge in [0.15, 0.2) is 6.61 Å². The lowest BCUT2D eigenvalue weighted by Gasteiger charge is -2.13. The Morgan fingerprint density at radius 2 is 1.83 bits per heavy atom. The number of anilines is 1. The van der Waals surface area contributed by atoms with Crippen molar-refractivity contribution in [1.82, 2.24) is 0 Å². The predicted molar refractivity (Wildman–Crippen MR) is 87.7 cm³/mol. The number of ether oxygens (including phenoxy) is 1. The molecule has 5 heteroatoms. The van der Waals surface area contributed by atoms with Crippen LogP contribution in [-0.2, 0) is 4.79 Å². The minimum atomic E-state index is -0.365. The smallest absolute Gasteiger partial charge is 0.264 e. The maximum Gasteiger partial charge on any atom is 0.264 e. The third-order valence-corrected chi connectivity index (χ3v) is 3.97. The summed E-state index contributed by atoms with van der Waals surface area (Å²) < 4.78 is 11.1. The number of aryl methyl sites for hydroxylation is 3. The first-order valence-electron chi connectivity index (χ1n) is 7.34. The van der Waals surface area contributed by atoms with E-state index in [1.165, 1.54) is 0 Å². The van der Waals surface area contributed by atoms with Crippen LogP contribution in [0.3, 0.4) is 0 Å². The fraction of sp³-hybridized carbons (Fsp3) is 0.333. The molecule has 120 valence electrons. The van der Waals surface area contributed by atoms with E-state index < -0.39 is 0 Å². The van der Waals surface area contributed by atoms with Gasteiger partial charge in [-0.3, -0.25) is 10.1 Å². The molecule has 1 aromatic heterocycles. The molecule has 0 bridgehead atoms. The zero-order chi connectivity index (χ0) is 17.1. The van der Waals surface area contributed by atoms with Gasteiger partial charge in [0.1, 0.15) is 23.1 Å². The van der Waals surface area contributed by atoms with Crippen LogP contribution < -0.4 is 10.1 Å². The van der Waals surface area contributed by atoms with Crippen molar-refractivity contribution in [3.05, 3.63) is 45.7 Å². The van der Waals surface area contributed by atoms with Gasteiger partial charge in [-0.15, -0.1) is 0 Å². The lowest BCUT2D eigenvalue weighted by molar-refractivity contribution is -0.118. The first kappa shape index (κ1) is 16.6. The Morgan fingerprint density at radius 3 is 2.48 bits per heavy atom. The van der Waals surface area contributed by atoms with Gasteiger partial charge in [-0.25, -0.2) is 0 Å². The number of hydrogen-bond donors (Lipinski definition) is 1. The lowest BCUT2D eigenvalue weighted by atomic mass is 10.1. The summed E-state index contributed by atoms with van der Waals surface area (Å²) >= 11 is 0. The van der Waals surface area contributed by atoms with Gasteiger partial charge in [0.2, 0.25) is 5.88 Å².